The lowest BCUT2D eigenvalue weighted by molar-refractivity contribution is 0.401. The van der Waals surface area contributed by atoms with Gasteiger partial charge in [0.05, 0.1) is 30.0 Å². The molecule has 0 radical (unpaired) electrons. The maximum Gasteiger partial charge on any atom is 0.300 e. The fourth-order valence-corrected chi connectivity index (χ4v) is 3.50. The molecule has 0 N–H and O–H groups in total. The van der Waals surface area contributed by atoms with Crippen LogP contribution in [0.15, 0.2) is 66.4 Å². The van der Waals surface area contributed by atoms with Gasteiger partial charge in [-0.15, -0.1) is 12.8 Å². The van der Waals surface area contributed by atoms with Crippen molar-refractivity contribution in [2.24, 2.45) is 0 Å². The van der Waals surface area contributed by atoms with Crippen LogP contribution in [0.25, 0.3) is 12.2 Å². The molecule has 11 heteroatoms. The predicted octanol–water partition coefficient (Wildman–Crippen LogP) is 11.0. The summed E-state index contributed by atoms with van der Waals surface area (Å²) in [6.45, 7) is 38.0. The molecule has 294 valence electrons. The van der Waals surface area contributed by atoms with Gasteiger partial charge in [-0.25, -0.2) is 24.9 Å². The van der Waals surface area contributed by atoms with Crippen LogP contribution in [0.5, 0.6) is 0 Å². The normalized spacial score (nSPS) is 11.3. The summed E-state index contributed by atoms with van der Waals surface area (Å²) in [5.74, 6) is 9.18. The summed E-state index contributed by atoms with van der Waals surface area (Å²) in [5, 5.41) is 8.41. The van der Waals surface area contributed by atoms with Crippen LogP contribution in [0, 0.1) is 36.0 Å². The highest BCUT2D eigenvalue weighted by Gasteiger charge is 2.21. The first kappa shape index (κ1) is 47.2. The summed E-state index contributed by atoms with van der Waals surface area (Å²) in [7, 11) is 0. The van der Waals surface area contributed by atoms with E-state index in [1.54, 1.807) is 43.3 Å². The van der Waals surface area contributed by atoms with Crippen LogP contribution in [0.2, 0.25) is 0 Å². The molecule has 5 aromatic rings. The van der Waals surface area contributed by atoms with Gasteiger partial charge in [0.1, 0.15) is 29.8 Å². The summed E-state index contributed by atoms with van der Waals surface area (Å²) in [6.07, 6.45) is 21.7. The molecule has 0 spiro atoms. The van der Waals surface area contributed by atoms with Crippen molar-refractivity contribution >= 4 is 12.2 Å². The van der Waals surface area contributed by atoms with Crippen molar-refractivity contribution in [2.45, 2.75) is 131 Å². The molecular weight excluding hydrogens is 693 g/mol. The lowest BCUT2D eigenvalue weighted by Crippen LogP contribution is -2.11. The fraction of sp³-hybridized carbons (Fsp3) is 0.455. The number of hydrogen-bond donors (Lipinski definition) is 0. The van der Waals surface area contributed by atoms with Gasteiger partial charge in [-0.2, -0.15) is 5.26 Å². The Morgan fingerprint density at radius 1 is 0.527 bits per heavy atom. The molecule has 5 aromatic heterocycles. The standard InChI is InChI=1S/C9H13NO.C9H11NO.C9H13NO.C9H11NO.C8H10N2O/c2*1-5-8-10-7(6-11-8)9(2,3)4;2*1-5-8-10-6-7(11-8)9(2,3)4;1-8(2,3)6-5-10-7(4-9)11-6/h5-6H,1H2,2-4H3;1,6H,2-4H3;5-6H,1H2,2-4H3;1,6H,2-4H3;5H,1-3H3. The van der Waals surface area contributed by atoms with E-state index in [1.165, 1.54) is 0 Å². The third-order valence-corrected chi connectivity index (χ3v) is 7.01. The fourth-order valence-electron chi connectivity index (χ4n) is 3.50. The van der Waals surface area contributed by atoms with Crippen LogP contribution in [0.4, 0.5) is 0 Å². The average Bonchev–Trinajstić information content (AvgIpc) is 3.92. The van der Waals surface area contributed by atoms with E-state index in [-0.39, 0.29) is 33.0 Å². The SMILES string of the molecule is C#Cc1nc(C(C)(C)C)co1.C#Cc1ncc(C(C)(C)C)o1.C=Cc1nc(C(C)(C)C)co1.C=Cc1ncc(C(C)(C)C)o1.CC(C)(C)c1cnc(C#N)o1. The van der Waals surface area contributed by atoms with E-state index in [2.05, 4.69) is 112 Å². The molecule has 0 atom stereocenters. The molecule has 0 unspecified atom stereocenters. The van der Waals surface area contributed by atoms with E-state index >= 15 is 0 Å². The number of terminal acetylenes is 2. The van der Waals surface area contributed by atoms with Gasteiger partial charge in [-0.05, 0) is 24.0 Å². The van der Waals surface area contributed by atoms with E-state index < -0.39 is 0 Å². The minimum atomic E-state index is -0.0674. The highest BCUT2D eigenvalue weighted by atomic mass is 16.4. The zero-order valence-electron chi connectivity index (χ0n) is 35.3. The van der Waals surface area contributed by atoms with Crippen molar-refractivity contribution in [3.05, 3.63) is 102 Å². The van der Waals surface area contributed by atoms with E-state index in [0.717, 1.165) is 28.7 Å². The Kier molecular flexibility index (Phi) is 16.7. The molecule has 0 aliphatic carbocycles. The van der Waals surface area contributed by atoms with Gasteiger partial charge in [0.25, 0.3) is 11.8 Å². The molecule has 0 amide bonds. The van der Waals surface area contributed by atoms with E-state index in [9.17, 15) is 0 Å². The smallest absolute Gasteiger partial charge is 0.300 e. The van der Waals surface area contributed by atoms with E-state index in [0.29, 0.717) is 23.6 Å². The first-order valence-corrected chi connectivity index (χ1v) is 17.6. The topological polar surface area (TPSA) is 154 Å². The Morgan fingerprint density at radius 2 is 0.927 bits per heavy atom. The van der Waals surface area contributed by atoms with Gasteiger partial charge in [0, 0.05) is 27.1 Å². The Hall–Kier alpha value is -5.86. The average molecular weight is 751 g/mol. The van der Waals surface area contributed by atoms with Crippen LogP contribution in [0.3, 0.4) is 0 Å². The van der Waals surface area contributed by atoms with Gasteiger partial charge in [-0.1, -0.05) is 117 Å². The van der Waals surface area contributed by atoms with Gasteiger partial charge in [-0.3, -0.25) is 0 Å². The van der Waals surface area contributed by atoms with Crippen LogP contribution < -0.4 is 0 Å². The minimum Gasteiger partial charge on any atom is -0.445 e. The van der Waals surface area contributed by atoms with Gasteiger partial charge in [0.15, 0.2) is 6.07 Å². The van der Waals surface area contributed by atoms with Crippen molar-refractivity contribution in [2.75, 3.05) is 0 Å². The molecule has 5 heterocycles. The minimum absolute atomic E-state index is 0.0118. The molecule has 0 saturated heterocycles. The largest absolute Gasteiger partial charge is 0.445 e. The third-order valence-electron chi connectivity index (χ3n) is 7.01. The maximum atomic E-state index is 8.41. The van der Waals surface area contributed by atoms with Crippen molar-refractivity contribution in [3.8, 4) is 30.8 Å². The number of hydrogen-bond acceptors (Lipinski definition) is 11. The highest BCUT2D eigenvalue weighted by Crippen LogP contribution is 2.25. The Labute approximate surface area is 327 Å². The summed E-state index contributed by atoms with van der Waals surface area (Å²) in [5.41, 5.74) is 1.89. The van der Waals surface area contributed by atoms with Crippen molar-refractivity contribution in [3.63, 3.8) is 0 Å². The van der Waals surface area contributed by atoms with Gasteiger partial charge >= 0.3 is 5.89 Å². The van der Waals surface area contributed by atoms with Crippen molar-refractivity contribution in [1.29, 1.82) is 5.26 Å². The molecule has 0 saturated carbocycles. The van der Waals surface area contributed by atoms with Crippen molar-refractivity contribution in [1.82, 2.24) is 24.9 Å². The predicted molar refractivity (Wildman–Crippen MR) is 217 cm³/mol. The second-order valence-electron chi connectivity index (χ2n) is 17.3. The highest BCUT2D eigenvalue weighted by molar-refractivity contribution is 5.34. The van der Waals surface area contributed by atoms with Crippen LogP contribution >= 0.6 is 0 Å². The first-order valence-electron chi connectivity index (χ1n) is 17.6. The molecule has 0 fully saturated rings. The molecule has 55 heavy (non-hydrogen) atoms. The van der Waals surface area contributed by atoms with Crippen LogP contribution in [-0.2, 0) is 27.1 Å². The zero-order chi connectivity index (χ0) is 42.4. The second kappa shape index (κ2) is 19.5. The van der Waals surface area contributed by atoms with Crippen LogP contribution in [0.1, 0.15) is 162 Å². The number of aromatic nitrogens is 5. The maximum absolute atomic E-state index is 8.41. The Morgan fingerprint density at radius 3 is 1.18 bits per heavy atom. The summed E-state index contributed by atoms with van der Waals surface area (Å²) in [6, 6.07) is 1.84. The number of oxazole rings is 5. The van der Waals surface area contributed by atoms with Gasteiger partial charge < -0.3 is 22.1 Å². The molecular formula is C44H58N6O5. The number of nitriles is 1. The van der Waals surface area contributed by atoms with E-state index in [1.807, 2.05) is 47.6 Å². The molecule has 5 rings (SSSR count). The number of rotatable bonds is 2. The van der Waals surface area contributed by atoms with Crippen LogP contribution in [-0.4, -0.2) is 24.9 Å². The molecule has 0 aliphatic rings. The molecule has 11 nitrogen and oxygen atoms in total. The summed E-state index contributed by atoms with van der Waals surface area (Å²) >= 11 is 0. The lowest BCUT2D eigenvalue weighted by Gasteiger charge is -2.12. The Bertz CT molecular complexity index is 1860. The third kappa shape index (κ3) is 16.4. The zero-order valence-corrected chi connectivity index (χ0v) is 35.3. The molecule has 0 aliphatic heterocycles. The summed E-state index contributed by atoms with van der Waals surface area (Å²) in [4.78, 5) is 20.0. The van der Waals surface area contributed by atoms with Gasteiger partial charge in [0.2, 0.25) is 11.8 Å². The monoisotopic (exact) mass is 750 g/mol. The second-order valence-corrected chi connectivity index (χ2v) is 17.3. The Balaban J connectivity index is 0.000000344. The van der Waals surface area contributed by atoms with Crippen molar-refractivity contribution < 1.29 is 22.1 Å². The molecule has 0 aromatic carbocycles. The lowest BCUT2D eigenvalue weighted by atomic mass is 9.93. The summed E-state index contributed by atoms with van der Waals surface area (Å²) < 4.78 is 25.8. The first-order chi connectivity index (χ1) is 25.2. The van der Waals surface area contributed by atoms with E-state index in [4.69, 9.17) is 40.2 Å². The quantitative estimate of drug-likeness (QED) is 0.158. The number of nitrogens with zero attached hydrogens (tertiary/aromatic N) is 6. The molecule has 0 bridgehead atoms.